The lowest BCUT2D eigenvalue weighted by Gasteiger charge is -2.23. The number of hydrogen-bond donors (Lipinski definition) is 0. The first kappa shape index (κ1) is 17.5. The highest BCUT2D eigenvalue weighted by atomic mass is 14.7. The van der Waals surface area contributed by atoms with Crippen LogP contribution >= 0.6 is 0 Å². The van der Waals surface area contributed by atoms with E-state index in [4.69, 9.17) is 4.98 Å². The number of aromatic nitrogens is 1. The molecule has 0 saturated carbocycles. The molecule has 134 valence electrons. The maximum atomic E-state index is 5.07. The maximum absolute atomic E-state index is 5.07. The number of para-hydroxylation sites is 1. The molecule has 1 heteroatoms. The van der Waals surface area contributed by atoms with Gasteiger partial charge in [0.15, 0.2) is 0 Å². The predicted molar refractivity (Wildman–Crippen MR) is 115 cm³/mol. The van der Waals surface area contributed by atoms with E-state index in [2.05, 4.69) is 100 Å². The summed E-state index contributed by atoms with van der Waals surface area (Å²) in [5, 5.41) is 1.18. The highest BCUT2D eigenvalue weighted by Crippen LogP contribution is 2.36. The number of pyridine rings is 1. The van der Waals surface area contributed by atoms with Crippen molar-refractivity contribution >= 4 is 10.9 Å². The summed E-state index contributed by atoms with van der Waals surface area (Å²) in [6.07, 6.45) is 0. The van der Waals surface area contributed by atoms with Crippen LogP contribution in [0.2, 0.25) is 0 Å². The molecular formula is C26H25N. The van der Waals surface area contributed by atoms with Gasteiger partial charge in [0.1, 0.15) is 0 Å². The number of hydrogen-bond acceptors (Lipinski definition) is 1. The molecule has 0 bridgehead atoms. The van der Waals surface area contributed by atoms with Crippen LogP contribution in [-0.2, 0) is 0 Å². The Kier molecular flexibility index (Phi) is 4.53. The second-order valence-corrected chi connectivity index (χ2v) is 7.58. The molecule has 0 radical (unpaired) electrons. The molecule has 0 N–H and O–H groups in total. The first-order chi connectivity index (χ1) is 13.0. The van der Waals surface area contributed by atoms with Gasteiger partial charge < -0.3 is 0 Å². The highest BCUT2D eigenvalue weighted by molar-refractivity contribution is 5.78. The topological polar surface area (TPSA) is 12.9 Å². The van der Waals surface area contributed by atoms with Gasteiger partial charge in [-0.3, -0.25) is 4.98 Å². The molecule has 0 aliphatic heterocycles. The third-order valence-electron chi connectivity index (χ3n) is 5.41. The Morgan fingerprint density at radius 2 is 1.22 bits per heavy atom. The van der Waals surface area contributed by atoms with Gasteiger partial charge >= 0.3 is 0 Å². The van der Waals surface area contributed by atoms with Crippen LogP contribution in [0.25, 0.3) is 10.9 Å². The molecule has 0 unspecified atom stereocenters. The summed E-state index contributed by atoms with van der Waals surface area (Å²) in [5.74, 6) is 0.134. The van der Waals surface area contributed by atoms with E-state index in [-0.39, 0.29) is 5.92 Å². The van der Waals surface area contributed by atoms with E-state index in [1.165, 1.54) is 38.8 Å². The van der Waals surface area contributed by atoms with Gasteiger partial charge in [-0.1, -0.05) is 71.8 Å². The molecule has 4 rings (SSSR count). The number of benzene rings is 3. The number of aryl methyl sites for hydroxylation is 4. The predicted octanol–water partition coefficient (Wildman–Crippen LogP) is 6.65. The van der Waals surface area contributed by atoms with E-state index in [9.17, 15) is 0 Å². The minimum Gasteiger partial charge on any atom is -0.252 e. The molecule has 27 heavy (non-hydrogen) atoms. The van der Waals surface area contributed by atoms with Gasteiger partial charge in [-0.25, -0.2) is 0 Å². The minimum absolute atomic E-state index is 0.134. The molecule has 0 aliphatic carbocycles. The monoisotopic (exact) mass is 351 g/mol. The Morgan fingerprint density at radius 1 is 0.630 bits per heavy atom. The number of nitrogens with zero attached hydrogens (tertiary/aromatic N) is 1. The van der Waals surface area contributed by atoms with E-state index in [1.54, 1.807) is 0 Å². The molecule has 1 heterocycles. The van der Waals surface area contributed by atoms with Gasteiger partial charge in [0.25, 0.3) is 0 Å². The van der Waals surface area contributed by atoms with Gasteiger partial charge in [-0.15, -0.1) is 0 Å². The average Bonchev–Trinajstić information content (AvgIpc) is 2.67. The van der Waals surface area contributed by atoms with Crippen LogP contribution < -0.4 is 0 Å². The zero-order chi connectivity index (χ0) is 19.0. The van der Waals surface area contributed by atoms with E-state index < -0.39 is 0 Å². The SMILES string of the molecule is Cc1ccc(C)c(C(c2ccc3ccccc3n2)c2cc(C)ccc2C)c1. The molecule has 1 aromatic heterocycles. The van der Waals surface area contributed by atoms with Gasteiger partial charge in [-0.05, 0) is 62.1 Å². The van der Waals surface area contributed by atoms with Crippen molar-refractivity contribution in [1.29, 1.82) is 0 Å². The van der Waals surface area contributed by atoms with Crippen LogP contribution in [0.4, 0.5) is 0 Å². The third-order valence-corrected chi connectivity index (χ3v) is 5.41. The Bertz CT molecular complexity index is 1070. The van der Waals surface area contributed by atoms with E-state index in [1.807, 2.05) is 0 Å². The van der Waals surface area contributed by atoms with Crippen molar-refractivity contribution in [3.63, 3.8) is 0 Å². The van der Waals surface area contributed by atoms with Crippen molar-refractivity contribution in [2.75, 3.05) is 0 Å². The van der Waals surface area contributed by atoms with Crippen LogP contribution in [-0.4, -0.2) is 4.98 Å². The normalized spacial score (nSPS) is 11.3. The summed E-state index contributed by atoms with van der Waals surface area (Å²) in [4.78, 5) is 5.07. The smallest absolute Gasteiger partial charge is 0.0705 e. The summed E-state index contributed by atoms with van der Waals surface area (Å²) in [7, 11) is 0. The van der Waals surface area contributed by atoms with Crippen molar-refractivity contribution in [3.8, 4) is 0 Å². The maximum Gasteiger partial charge on any atom is 0.0705 e. The van der Waals surface area contributed by atoms with Crippen LogP contribution in [0.15, 0.2) is 72.8 Å². The Morgan fingerprint density at radius 3 is 1.85 bits per heavy atom. The Labute approximate surface area is 161 Å². The van der Waals surface area contributed by atoms with E-state index in [0.717, 1.165) is 11.2 Å². The van der Waals surface area contributed by atoms with Crippen LogP contribution in [0.3, 0.4) is 0 Å². The second kappa shape index (κ2) is 7.00. The largest absolute Gasteiger partial charge is 0.252 e. The lowest BCUT2D eigenvalue weighted by atomic mass is 9.82. The van der Waals surface area contributed by atoms with Crippen molar-refractivity contribution in [1.82, 2.24) is 4.98 Å². The first-order valence-corrected chi connectivity index (χ1v) is 9.53. The highest BCUT2D eigenvalue weighted by Gasteiger charge is 2.22. The Balaban J connectivity index is 2.00. The molecule has 4 aromatic rings. The molecule has 0 atom stereocenters. The summed E-state index contributed by atoms with van der Waals surface area (Å²) in [6.45, 7) is 8.73. The summed E-state index contributed by atoms with van der Waals surface area (Å²) < 4.78 is 0. The first-order valence-electron chi connectivity index (χ1n) is 9.53. The van der Waals surface area contributed by atoms with Crippen molar-refractivity contribution in [2.24, 2.45) is 0 Å². The van der Waals surface area contributed by atoms with Crippen LogP contribution in [0.5, 0.6) is 0 Å². The quantitative estimate of drug-likeness (QED) is 0.403. The molecule has 0 spiro atoms. The minimum atomic E-state index is 0.134. The zero-order valence-electron chi connectivity index (χ0n) is 16.5. The average molecular weight is 351 g/mol. The lowest BCUT2D eigenvalue weighted by Crippen LogP contribution is -2.10. The molecule has 0 fully saturated rings. The molecule has 1 nitrogen and oxygen atoms in total. The van der Waals surface area contributed by atoms with E-state index in [0.29, 0.717) is 0 Å². The molecular weight excluding hydrogens is 326 g/mol. The van der Waals surface area contributed by atoms with Crippen molar-refractivity contribution in [3.05, 3.63) is 112 Å². The van der Waals surface area contributed by atoms with E-state index >= 15 is 0 Å². The summed E-state index contributed by atoms with van der Waals surface area (Å²) in [5.41, 5.74) is 10.0. The fourth-order valence-electron chi connectivity index (χ4n) is 3.87. The fourth-order valence-corrected chi connectivity index (χ4v) is 3.87. The number of rotatable bonds is 3. The summed E-state index contributed by atoms with van der Waals surface area (Å²) >= 11 is 0. The molecule has 0 aliphatic rings. The zero-order valence-corrected chi connectivity index (χ0v) is 16.5. The third kappa shape index (κ3) is 3.38. The van der Waals surface area contributed by atoms with Crippen LogP contribution in [0.1, 0.15) is 45.0 Å². The summed E-state index contributed by atoms with van der Waals surface area (Å²) in [6, 6.07) is 26.2. The van der Waals surface area contributed by atoms with Crippen LogP contribution in [0, 0.1) is 27.7 Å². The molecule has 0 saturated heterocycles. The molecule has 3 aromatic carbocycles. The molecule has 0 amide bonds. The standard InChI is InChI=1S/C26H25N/c1-17-9-11-19(3)22(15-17)26(23-16-18(2)10-12-20(23)4)25-14-13-21-7-5-6-8-24(21)27-25/h5-16,26H,1-4H3. The lowest BCUT2D eigenvalue weighted by molar-refractivity contribution is 0.904. The van der Waals surface area contributed by atoms with Gasteiger partial charge in [-0.2, -0.15) is 0 Å². The second-order valence-electron chi connectivity index (χ2n) is 7.58. The van der Waals surface area contributed by atoms with Gasteiger partial charge in [0, 0.05) is 5.39 Å². The number of fused-ring (bicyclic) bond motifs is 1. The van der Waals surface area contributed by atoms with Crippen molar-refractivity contribution < 1.29 is 0 Å². The van der Waals surface area contributed by atoms with Gasteiger partial charge in [0.2, 0.25) is 0 Å². The Hall–Kier alpha value is -2.93. The fraction of sp³-hybridized carbons (Fsp3) is 0.192. The van der Waals surface area contributed by atoms with Crippen molar-refractivity contribution in [2.45, 2.75) is 33.6 Å². The van der Waals surface area contributed by atoms with Gasteiger partial charge in [0.05, 0.1) is 17.1 Å².